The molecule has 0 aliphatic rings. The van der Waals surface area contributed by atoms with Gasteiger partial charge in [-0.15, -0.1) is 11.3 Å². The van der Waals surface area contributed by atoms with Gasteiger partial charge in [0.1, 0.15) is 6.54 Å². The second-order valence-electron chi connectivity index (χ2n) is 5.60. The van der Waals surface area contributed by atoms with E-state index >= 15 is 0 Å². The number of benzene rings is 1. The highest BCUT2D eigenvalue weighted by molar-refractivity contribution is 7.15. The smallest absolute Gasteiger partial charge is 0.254 e. The van der Waals surface area contributed by atoms with Crippen LogP contribution < -0.4 is 5.32 Å². The van der Waals surface area contributed by atoms with E-state index in [9.17, 15) is 9.59 Å². The highest BCUT2D eigenvalue weighted by Crippen LogP contribution is 2.21. The molecule has 23 heavy (non-hydrogen) atoms. The third-order valence-corrected chi connectivity index (χ3v) is 4.48. The zero-order valence-corrected chi connectivity index (χ0v) is 14.6. The summed E-state index contributed by atoms with van der Waals surface area (Å²) in [7, 11) is 0. The number of anilines is 1. The van der Waals surface area contributed by atoms with E-state index in [1.807, 2.05) is 45.9 Å². The molecule has 1 heterocycles. The highest BCUT2D eigenvalue weighted by atomic mass is 32.1. The fraction of sp³-hybridized carbons (Fsp3) is 0.353. The van der Waals surface area contributed by atoms with Crippen molar-refractivity contribution in [2.45, 2.75) is 33.7 Å². The Morgan fingerprint density at radius 1 is 1.22 bits per heavy atom. The van der Waals surface area contributed by atoms with Gasteiger partial charge in [0.05, 0.1) is 5.69 Å². The molecule has 1 N–H and O–H groups in total. The number of carbonyl (C=O) groups excluding carboxylic acids is 2. The Balaban J connectivity index is 2.07. The predicted molar refractivity (Wildman–Crippen MR) is 92.8 cm³/mol. The van der Waals surface area contributed by atoms with Crippen molar-refractivity contribution in [3.8, 4) is 0 Å². The average molecular weight is 331 g/mol. The molecule has 0 unspecified atom stereocenters. The predicted octanol–water partition coefficient (Wildman–Crippen LogP) is 3.25. The van der Waals surface area contributed by atoms with E-state index in [0.717, 1.165) is 10.6 Å². The number of thiazole rings is 1. The largest absolute Gasteiger partial charge is 0.327 e. The highest BCUT2D eigenvalue weighted by Gasteiger charge is 2.22. The molecular formula is C17H21N3O2S. The van der Waals surface area contributed by atoms with Gasteiger partial charge in [0.25, 0.3) is 5.91 Å². The first-order valence-corrected chi connectivity index (χ1v) is 8.30. The molecule has 2 rings (SSSR count). The van der Waals surface area contributed by atoms with Crippen molar-refractivity contribution >= 4 is 28.3 Å². The molecule has 0 atom stereocenters. The standard InChI is InChI=1S/C17H21N3O2S/c1-11(2)20(16(22)14-8-6-5-7-9-14)10-15(21)19-17-18-12(3)13(4)23-17/h5-9,11H,10H2,1-4H3,(H,18,19,21). The lowest BCUT2D eigenvalue weighted by Crippen LogP contribution is -2.42. The van der Waals surface area contributed by atoms with Crippen molar-refractivity contribution in [1.82, 2.24) is 9.88 Å². The van der Waals surface area contributed by atoms with Gasteiger partial charge in [0, 0.05) is 16.5 Å². The zero-order valence-electron chi connectivity index (χ0n) is 13.8. The molecule has 6 heteroatoms. The van der Waals surface area contributed by atoms with Gasteiger partial charge in [-0.1, -0.05) is 18.2 Å². The van der Waals surface area contributed by atoms with E-state index in [2.05, 4.69) is 10.3 Å². The summed E-state index contributed by atoms with van der Waals surface area (Å²) < 4.78 is 0. The molecule has 2 amide bonds. The first kappa shape index (κ1) is 17.1. The average Bonchev–Trinajstić information content (AvgIpc) is 2.82. The third kappa shape index (κ3) is 4.39. The Labute approximate surface area is 140 Å². The summed E-state index contributed by atoms with van der Waals surface area (Å²) in [5.41, 5.74) is 1.49. The summed E-state index contributed by atoms with van der Waals surface area (Å²) in [6, 6.07) is 8.91. The number of nitrogens with one attached hydrogen (secondary N) is 1. The lowest BCUT2D eigenvalue weighted by atomic mass is 10.1. The van der Waals surface area contributed by atoms with Crippen LogP contribution in [0.1, 0.15) is 34.8 Å². The van der Waals surface area contributed by atoms with E-state index in [4.69, 9.17) is 0 Å². The molecule has 0 spiro atoms. The number of rotatable bonds is 5. The number of hydrogen-bond acceptors (Lipinski definition) is 4. The SMILES string of the molecule is Cc1nc(NC(=O)CN(C(=O)c2ccccc2)C(C)C)sc1C. The van der Waals surface area contributed by atoms with Crippen molar-refractivity contribution in [3.05, 3.63) is 46.5 Å². The summed E-state index contributed by atoms with van der Waals surface area (Å²) in [6.45, 7) is 7.66. The van der Waals surface area contributed by atoms with Crippen LogP contribution in [0.5, 0.6) is 0 Å². The van der Waals surface area contributed by atoms with Gasteiger partial charge in [-0.05, 0) is 39.8 Å². The molecule has 0 aliphatic heterocycles. The van der Waals surface area contributed by atoms with Crippen molar-refractivity contribution in [2.75, 3.05) is 11.9 Å². The maximum absolute atomic E-state index is 12.6. The molecule has 122 valence electrons. The number of nitrogens with zero attached hydrogens (tertiary/aromatic N) is 2. The van der Waals surface area contributed by atoms with Crippen LogP contribution in [0.15, 0.2) is 30.3 Å². The maximum atomic E-state index is 12.6. The van der Waals surface area contributed by atoms with Gasteiger partial charge in [-0.2, -0.15) is 0 Å². The molecule has 0 saturated heterocycles. The fourth-order valence-electron chi connectivity index (χ4n) is 2.08. The minimum absolute atomic E-state index is 0.00305. The van der Waals surface area contributed by atoms with Gasteiger partial charge >= 0.3 is 0 Å². The van der Waals surface area contributed by atoms with E-state index < -0.39 is 0 Å². The van der Waals surface area contributed by atoms with Crippen LogP contribution in [0.4, 0.5) is 5.13 Å². The van der Waals surface area contributed by atoms with E-state index in [-0.39, 0.29) is 24.4 Å². The van der Waals surface area contributed by atoms with Crippen molar-refractivity contribution < 1.29 is 9.59 Å². The zero-order chi connectivity index (χ0) is 17.0. The second-order valence-corrected chi connectivity index (χ2v) is 6.80. The van der Waals surface area contributed by atoms with Crippen LogP contribution in [0.3, 0.4) is 0 Å². The van der Waals surface area contributed by atoms with Gasteiger partial charge in [0.15, 0.2) is 5.13 Å². The van der Waals surface area contributed by atoms with Gasteiger partial charge in [-0.25, -0.2) is 4.98 Å². The third-order valence-electron chi connectivity index (χ3n) is 3.49. The quantitative estimate of drug-likeness (QED) is 0.915. The molecule has 5 nitrogen and oxygen atoms in total. The van der Waals surface area contributed by atoms with Crippen LogP contribution in [0, 0.1) is 13.8 Å². The lowest BCUT2D eigenvalue weighted by molar-refractivity contribution is -0.117. The minimum Gasteiger partial charge on any atom is -0.327 e. The number of aryl methyl sites for hydroxylation is 2. The van der Waals surface area contributed by atoms with Crippen LogP contribution in [-0.4, -0.2) is 34.3 Å². The fourth-order valence-corrected chi connectivity index (χ4v) is 2.91. The summed E-state index contributed by atoms with van der Waals surface area (Å²) in [6.07, 6.45) is 0. The Hall–Kier alpha value is -2.21. The first-order valence-electron chi connectivity index (χ1n) is 7.48. The molecule has 1 aromatic heterocycles. The van der Waals surface area contributed by atoms with Crippen molar-refractivity contribution in [1.29, 1.82) is 0 Å². The van der Waals surface area contributed by atoms with Gasteiger partial charge < -0.3 is 10.2 Å². The van der Waals surface area contributed by atoms with E-state index in [0.29, 0.717) is 10.7 Å². The Bertz CT molecular complexity index is 676. The normalized spacial score (nSPS) is 10.7. The minimum atomic E-state index is -0.239. The molecule has 1 aromatic carbocycles. The molecule has 0 aliphatic carbocycles. The monoisotopic (exact) mass is 331 g/mol. The van der Waals surface area contributed by atoms with E-state index in [1.165, 1.54) is 11.3 Å². The van der Waals surface area contributed by atoms with Crippen LogP contribution >= 0.6 is 11.3 Å². The molecule has 0 fully saturated rings. The second kappa shape index (κ2) is 7.37. The Morgan fingerprint density at radius 3 is 2.39 bits per heavy atom. The molecular weight excluding hydrogens is 310 g/mol. The number of hydrogen-bond donors (Lipinski definition) is 1. The number of carbonyl (C=O) groups is 2. The number of aromatic nitrogens is 1. The van der Waals surface area contributed by atoms with Gasteiger partial charge in [-0.3, -0.25) is 9.59 Å². The maximum Gasteiger partial charge on any atom is 0.254 e. The van der Waals surface area contributed by atoms with Crippen LogP contribution in [-0.2, 0) is 4.79 Å². The van der Waals surface area contributed by atoms with Crippen molar-refractivity contribution in [2.24, 2.45) is 0 Å². The van der Waals surface area contributed by atoms with Gasteiger partial charge in [0.2, 0.25) is 5.91 Å². The molecule has 0 saturated carbocycles. The molecule has 0 bridgehead atoms. The Morgan fingerprint density at radius 2 is 1.87 bits per heavy atom. The topological polar surface area (TPSA) is 62.3 Å². The Kier molecular flexibility index (Phi) is 5.50. The van der Waals surface area contributed by atoms with Crippen molar-refractivity contribution in [3.63, 3.8) is 0 Å². The molecule has 0 radical (unpaired) electrons. The summed E-state index contributed by atoms with van der Waals surface area (Å²) in [4.78, 5) is 31.7. The van der Waals surface area contributed by atoms with Crippen LogP contribution in [0.25, 0.3) is 0 Å². The van der Waals surface area contributed by atoms with Crippen LogP contribution in [0.2, 0.25) is 0 Å². The van der Waals surface area contributed by atoms with E-state index in [1.54, 1.807) is 17.0 Å². The summed E-state index contributed by atoms with van der Waals surface area (Å²) in [5, 5.41) is 3.34. The first-order chi connectivity index (χ1) is 10.9. The summed E-state index contributed by atoms with van der Waals surface area (Å²) >= 11 is 1.44. The lowest BCUT2D eigenvalue weighted by Gasteiger charge is -2.26. The summed E-state index contributed by atoms with van der Waals surface area (Å²) in [5.74, 6) is -0.390. The number of amides is 2. The molecule has 2 aromatic rings.